The molecule has 0 aromatic heterocycles. The van der Waals surface area contributed by atoms with Crippen molar-refractivity contribution in [2.24, 2.45) is 0 Å². The standard InChI is InChI=1S/C19H20N2O2S/c22-19(20-15-9-11-23-17-7-3-1-5-13(15)17)21-16-10-12-24-18-8-4-2-6-14(16)18/h1-8,15-16H,9-12H2,(H2,20,21,22). The summed E-state index contributed by atoms with van der Waals surface area (Å²) in [6.07, 6.45) is 1.75. The van der Waals surface area contributed by atoms with Gasteiger partial charge in [-0.15, -0.1) is 11.8 Å². The summed E-state index contributed by atoms with van der Waals surface area (Å²) in [4.78, 5) is 13.8. The maximum Gasteiger partial charge on any atom is 0.315 e. The average Bonchev–Trinajstić information content (AvgIpc) is 2.62. The minimum Gasteiger partial charge on any atom is -0.493 e. The molecule has 5 heteroatoms. The van der Waals surface area contributed by atoms with Crippen LogP contribution in [0.4, 0.5) is 4.79 Å². The second-order valence-electron chi connectivity index (χ2n) is 6.07. The van der Waals surface area contributed by atoms with Crippen LogP contribution in [0.15, 0.2) is 53.4 Å². The molecule has 2 aromatic rings. The summed E-state index contributed by atoms with van der Waals surface area (Å²) in [6.45, 7) is 0.630. The number of hydrogen-bond donors (Lipinski definition) is 2. The van der Waals surface area contributed by atoms with Crippen LogP contribution in [-0.2, 0) is 0 Å². The highest BCUT2D eigenvalue weighted by Gasteiger charge is 2.25. The maximum absolute atomic E-state index is 12.5. The Morgan fingerprint density at radius 1 is 0.958 bits per heavy atom. The molecule has 0 aliphatic carbocycles. The monoisotopic (exact) mass is 340 g/mol. The Morgan fingerprint density at radius 3 is 2.54 bits per heavy atom. The summed E-state index contributed by atoms with van der Waals surface area (Å²) >= 11 is 1.86. The fraction of sp³-hybridized carbons (Fsp3) is 0.316. The number of carbonyl (C=O) groups excluding carboxylic acids is 1. The first kappa shape index (κ1) is 15.4. The molecule has 2 aliphatic rings. The first-order valence-electron chi connectivity index (χ1n) is 8.32. The molecule has 2 heterocycles. The highest BCUT2D eigenvalue weighted by atomic mass is 32.2. The number of ether oxygens (including phenoxy) is 1. The van der Waals surface area contributed by atoms with Gasteiger partial charge in [0.05, 0.1) is 18.7 Å². The number of benzene rings is 2. The van der Waals surface area contributed by atoms with Crippen LogP contribution in [0, 0.1) is 0 Å². The van der Waals surface area contributed by atoms with E-state index in [9.17, 15) is 4.79 Å². The molecule has 4 nitrogen and oxygen atoms in total. The fourth-order valence-electron chi connectivity index (χ4n) is 3.34. The minimum absolute atomic E-state index is 0.00293. The molecule has 2 atom stereocenters. The van der Waals surface area contributed by atoms with Gasteiger partial charge in [0.2, 0.25) is 0 Å². The largest absolute Gasteiger partial charge is 0.493 e. The number of nitrogens with one attached hydrogen (secondary N) is 2. The summed E-state index contributed by atoms with van der Waals surface area (Å²) in [5, 5.41) is 6.27. The third-order valence-corrected chi connectivity index (χ3v) is 5.65. The van der Waals surface area contributed by atoms with Gasteiger partial charge in [-0.3, -0.25) is 0 Å². The minimum atomic E-state index is -0.108. The summed E-state index contributed by atoms with van der Waals surface area (Å²) in [6, 6.07) is 16.2. The van der Waals surface area contributed by atoms with E-state index in [0.717, 1.165) is 29.9 Å². The van der Waals surface area contributed by atoms with E-state index in [0.29, 0.717) is 6.61 Å². The highest BCUT2D eigenvalue weighted by Crippen LogP contribution is 2.36. The van der Waals surface area contributed by atoms with Gasteiger partial charge in [-0.1, -0.05) is 36.4 Å². The Labute approximate surface area is 146 Å². The number of para-hydroxylation sites is 1. The van der Waals surface area contributed by atoms with Crippen molar-refractivity contribution in [1.82, 2.24) is 10.6 Å². The summed E-state index contributed by atoms with van der Waals surface area (Å²) < 4.78 is 5.66. The first-order chi connectivity index (χ1) is 11.8. The van der Waals surface area contributed by atoms with Crippen molar-refractivity contribution in [3.63, 3.8) is 0 Å². The Balaban J connectivity index is 1.45. The van der Waals surface area contributed by atoms with Crippen LogP contribution >= 0.6 is 11.8 Å². The van der Waals surface area contributed by atoms with E-state index in [1.54, 1.807) is 0 Å². The van der Waals surface area contributed by atoms with Crippen LogP contribution in [0.2, 0.25) is 0 Å². The Morgan fingerprint density at radius 2 is 1.67 bits per heavy atom. The summed E-state index contributed by atoms with van der Waals surface area (Å²) in [7, 11) is 0. The van der Waals surface area contributed by atoms with Crippen LogP contribution in [0.3, 0.4) is 0 Å². The highest BCUT2D eigenvalue weighted by molar-refractivity contribution is 7.99. The maximum atomic E-state index is 12.5. The number of thioether (sulfide) groups is 1. The van der Waals surface area contributed by atoms with Gasteiger partial charge in [-0.05, 0) is 24.1 Å². The number of carbonyl (C=O) groups is 1. The Kier molecular flexibility index (Phi) is 4.34. The molecule has 0 spiro atoms. The zero-order valence-corrected chi connectivity index (χ0v) is 14.1. The molecule has 24 heavy (non-hydrogen) atoms. The van der Waals surface area contributed by atoms with Crippen molar-refractivity contribution in [2.45, 2.75) is 29.8 Å². The van der Waals surface area contributed by atoms with Gasteiger partial charge < -0.3 is 15.4 Å². The van der Waals surface area contributed by atoms with Gasteiger partial charge in [0.25, 0.3) is 0 Å². The third-order valence-electron chi connectivity index (χ3n) is 4.53. The van der Waals surface area contributed by atoms with E-state index in [-0.39, 0.29) is 18.1 Å². The molecule has 0 saturated heterocycles. The smallest absolute Gasteiger partial charge is 0.315 e. The van der Waals surface area contributed by atoms with E-state index in [1.807, 2.05) is 48.2 Å². The lowest BCUT2D eigenvalue weighted by Crippen LogP contribution is -2.42. The van der Waals surface area contributed by atoms with Crippen LogP contribution in [0.5, 0.6) is 5.75 Å². The quantitative estimate of drug-likeness (QED) is 0.867. The molecule has 0 bridgehead atoms. The second-order valence-corrected chi connectivity index (χ2v) is 7.21. The van der Waals surface area contributed by atoms with Crippen molar-refractivity contribution in [3.05, 3.63) is 59.7 Å². The van der Waals surface area contributed by atoms with Crippen LogP contribution in [-0.4, -0.2) is 18.4 Å². The molecule has 0 fully saturated rings. The molecule has 124 valence electrons. The van der Waals surface area contributed by atoms with Gasteiger partial charge in [0.15, 0.2) is 0 Å². The predicted octanol–water partition coefficient (Wildman–Crippen LogP) is 4.05. The SMILES string of the molecule is O=C(NC1CCOc2ccccc21)NC1CCSc2ccccc21. The third kappa shape index (κ3) is 3.08. The molecule has 0 radical (unpaired) electrons. The van der Waals surface area contributed by atoms with Crippen molar-refractivity contribution in [2.75, 3.05) is 12.4 Å². The number of hydrogen-bond acceptors (Lipinski definition) is 3. The molecule has 2 unspecified atom stereocenters. The molecule has 2 aliphatic heterocycles. The van der Waals surface area contributed by atoms with Gasteiger partial charge in [-0.2, -0.15) is 0 Å². The number of amides is 2. The Bertz CT molecular complexity index is 688. The lowest BCUT2D eigenvalue weighted by Gasteiger charge is -2.29. The van der Waals surface area contributed by atoms with Gasteiger partial charge in [0.1, 0.15) is 5.75 Å². The Hall–Kier alpha value is -2.14. The number of urea groups is 1. The van der Waals surface area contributed by atoms with Gasteiger partial charge >= 0.3 is 6.03 Å². The molecule has 4 rings (SSSR count). The lowest BCUT2D eigenvalue weighted by molar-refractivity contribution is 0.220. The number of rotatable bonds is 2. The molecule has 2 aromatic carbocycles. The van der Waals surface area contributed by atoms with Crippen molar-refractivity contribution in [3.8, 4) is 5.75 Å². The van der Waals surface area contributed by atoms with E-state index >= 15 is 0 Å². The van der Waals surface area contributed by atoms with E-state index in [1.165, 1.54) is 10.5 Å². The zero-order chi connectivity index (χ0) is 16.4. The van der Waals surface area contributed by atoms with Crippen molar-refractivity contribution in [1.29, 1.82) is 0 Å². The average molecular weight is 340 g/mol. The molecular formula is C19H20N2O2S. The molecule has 0 saturated carbocycles. The van der Waals surface area contributed by atoms with Crippen LogP contribution < -0.4 is 15.4 Å². The molecule has 2 amide bonds. The van der Waals surface area contributed by atoms with Crippen molar-refractivity contribution >= 4 is 17.8 Å². The molecular weight excluding hydrogens is 320 g/mol. The normalized spacial score (nSPS) is 21.8. The van der Waals surface area contributed by atoms with Gasteiger partial charge in [-0.25, -0.2) is 4.79 Å². The number of fused-ring (bicyclic) bond motifs is 2. The van der Waals surface area contributed by atoms with E-state index < -0.39 is 0 Å². The lowest BCUT2D eigenvalue weighted by atomic mass is 10.0. The second kappa shape index (κ2) is 6.77. The van der Waals surface area contributed by atoms with Crippen LogP contribution in [0.1, 0.15) is 36.1 Å². The molecule has 2 N–H and O–H groups in total. The van der Waals surface area contributed by atoms with Crippen molar-refractivity contribution < 1.29 is 9.53 Å². The first-order valence-corrected chi connectivity index (χ1v) is 9.30. The van der Waals surface area contributed by atoms with Gasteiger partial charge in [0, 0.05) is 22.6 Å². The summed E-state index contributed by atoms with van der Waals surface area (Å²) in [5.74, 6) is 1.90. The predicted molar refractivity (Wildman–Crippen MR) is 95.5 cm³/mol. The van der Waals surface area contributed by atoms with E-state index in [4.69, 9.17) is 4.74 Å². The van der Waals surface area contributed by atoms with E-state index in [2.05, 4.69) is 22.8 Å². The summed E-state index contributed by atoms with van der Waals surface area (Å²) in [5.41, 5.74) is 2.27. The van der Waals surface area contributed by atoms with Crippen LogP contribution in [0.25, 0.3) is 0 Å². The fourth-order valence-corrected chi connectivity index (χ4v) is 4.47. The zero-order valence-electron chi connectivity index (χ0n) is 13.3. The topological polar surface area (TPSA) is 50.4 Å².